The van der Waals surface area contributed by atoms with Gasteiger partial charge in [0.05, 0.1) is 14.2 Å². The predicted octanol–water partition coefficient (Wildman–Crippen LogP) is 3.69. The molecule has 0 fully saturated rings. The van der Waals surface area contributed by atoms with Crippen LogP contribution in [0.2, 0.25) is 0 Å². The molecule has 1 aromatic rings. The van der Waals surface area contributed by atoms with Crippen molar-refractivity contribution in [3.8, 4) is 11.5 Å². The number of hydrogen-bond acceptors (Lipinski definition) is 3. The summed E-state index contributed by atoms with van der Waals surface area (Å²) in [5.74, 6) is 1.61. The topological polar surface area (TPSA) is 30.5 Å². The predicted molar refractivity (Wildman–Crippen MR) is 72.2 cm³/mol. The van der Waals surface area contributed by atoms with E-state index in [1.807, 2.05) is 18.2 Å². The van der Waals surface area contributed by atoms with Crippen LogP contribution in [0.25, 0.3) is 0 Å². The first kappa shape index (κ1) is 13.7. The van der Waals surface area contributed by atoms with Crippen LogP contribution in [0.4, 0.5) is 5.69 Å². The number of benzene rings is 1. The highest BCUT2D eigenvalue weighted by Gasteiger charge is 2.16. The summed E-state index contributed by atoms with van der Waals surface area (Å²) in [6.45, 7) is 6.58. The van der Waals surface area contributed by atoms with Gasteiger partial charge in [-0.3, -0.25) is 0 Å². The van der Waals surface area contributed by atoms with E-state index in [-0.39, 0.29) is 5.54 Å². The Morgan fingerprint density at radius 3 is 2.00 bits per heavy atom. The summed E-state index contributed by atoms with van der Waals surface area (Å²) in [6.07, 6.45) is 2.27. The molecule has 0 aliphatic heterocycles. The number of nitrogens with one attached hydrogen (secondary N) is 1. The van der Waals surface area contributed by atoms with E-state index in [0.29, 0.717) is 0 Å². The third-order valence-electron chi connectivity index (χ3n) is 2.71. The molecule has 1 rings (SSSR count). The summed E-state index contributed by atoms with van der Waals surface area (Å²) >= 11 is 0. The Morgan fingerprint density at radius 2 is 1.59 bits per heavy atom. The summed E-state index contributed by atoms with van der Waals surface area (Å²) in [4.78, 5) is 0. The van der Waals surface area contributed by atoms with Gasteiger partial charge in [0, 0.05) is 29.4 Å². The molecule has 0 saturated carbocycles. The standard InChI is InChI=1S/C14H23NO2/c1-6-7-14(2,3)15-11-8-12(16-4)10-13(9-11)17-5/h8-10,15H,6-7H2,1-5H3. The van der Waals surface area contributed by atoms with Gasteiger partial charge in [-0.15, -0.1) is 0 Å². The maximum atomic E-state index is 5.25. The first-order valence-electron chi connectivity index (χ1n) is 6.02. The van der Waals surface area contributed by atoms with Crippen molar-refractivity contribution in [2.24, 2.45) is 0 Å². The SMILES string of the molecule is CCCC(C)(C)Nc1cc(OC)cc(OC)c1. The molecule has 17 heavy (non-hydrogen) atoms. The van der Waals surface area contributed by atoms with Gasteiger partial charge < -0.3 is 14.8 Å². The van der Waals surface area contributed by atoms with Crippen molar-refractivity contribution in [1.82, 2.24) is 0 Å². The molecule has 0 atom stereocenters. The number of hydrogen-bond donors (Lipinski definition) is 1. The monoisotopic (exact) mass is 237 g/mol. The van der Waals surface area contributed by atoms with E-state index in [0.717, 1.165) is 30.0 Å². The van der Waals surface area contributed by atoms with E-state index < -0.39 is 0 Å². The lowest BCUT2D eigenvalue weighted by atomic mass is 9.98. The van der Waals surface area contributed by atoms with Crippen molar-refractivity contribution in [2.45, 2.75) is 39.2 Å². The van der Waals surface area contributed by atoms with Crippen LogP contribution < -0.4 is 14.8 Å². The third-order valence-corrected chi connectivity index (χ3v) is 2.71. The van der Waals surface area contributed by atoms with E-state index in [9.17, 15) is 0 Å². The largest absolute Gasteiger partial charge is 0.497 e. The summed E-state index contributed by atoms with van der Waals surface area (Å²) in [7, 11) is 3.32. The zero-order chi connectivity index (χ0) is 12.9. The van der Waals surface area contributed by atoms with Gasteiger partial charge in [-0.2, -0.15) is 0 Å². The molecule has 0 saturated heterocycles. The second-order valence-electron chi connectivity index (χ2n) is 4.86. The van der Waals surface area contributed by atoms with Gasteiger partial charge in [0.25, 0.3) is 0 Å². The first-order valence-corrected chi connectivity index (χ1v) is 6.02. The lowest BCUT2D eigenvalue weighted by Gasteiger charge is -2.27. The van der Waals surface area contributed by atoms with Crippen LogP contribution >= 0.6 is 0 Å². The molecule has 96 valence electrons. The summed E-state index contributed by atoms with van der Waals surface area (Å²) in [5, 5.41) is 3.51. The van der Waals surface area contributed by atoms with Crippen LogP contribution in [-0.4, -0.2) is 19.8 Å². The molecule has 3 nitrogen and oxygen atoms in total. The lowest BCUT2D eigenvalue weighted by molar-refractivity contribution is 0.394. The van der Waals surface area contributed by atoms with Crippen molar-refractivity contribution < 1.29 is 9.47 Å². The Balaban J connectivity index is 2.89. The van der Waals surface area contributed by atoms with E-state index in [1.165, 1.54) is 0 Å². The smallest absolute Gasteiger partial charge is 0.124 e. The van der Waals surface area contributed by atoms with E-state index in [2.05, 4.69) is 26.1 Å². The maximum Gasteiger partial charge on any atom is 0.124 e. The van der Waals surface area contributed by atoms with E-state index in [1.54, 1.807) is 14.2 Å². The average molecular weight is 237 g/mol. The molecule has 0 bridgehead atoms. The molecule has 3 heteroatoms. The molecule has 0 aliphatic rings. The Morgan fingerprint density at radius 1 is 1.06 bits per heavy atom. The highest BCUT2D eigenvalue weighted by atomic mass is 16.5. The van der Waals surface area contributed by atoms with Crippen molar-refractivity contribution in [3.05, 3.63) is 18.2 Å². The quantitative estimate of drug-likeness (QED) is 0.818. The number of rotatable bonds is 6. The third kappa shape index (κ3) is 4.17. The fourth-order valence-corrected chi connectivity index (χ4v) is 1.96. The molecule has 1 aromatic carbocycles. The molecular formula is C14H23NO2. The Hall–Kier alpha value is -1.38. The van der Waals surface area contributed by atoms with Crippen LogP contribution in [0.1, 0.15) is 33.6 Å². The van der Waals surface area contributed by atoms with Crippen molar-refractivity contribution in [1.29, 1.82) is 0 Å². The fourth-order valence-electron chi connectivity index (χ4n) is 1.96. The van der Waals surface area contributed by atoms with Crippen LogP contribution in [-0.2, 0) is 0 Å². The van der Waals surface area contributed by atoms with Crippen LogP contribution in [0.15, 0.2) is 18.2 Å². The van der Waals surface area contributed by atoms with E-state index in [4.69, 9.17) is 9.47 Å². The van der Waals surface area contributed by atoms with Crippen molar-refractivity contribution >= 4 is 5.69 Å². The number of ether oxygens (including phenoxy) is 2. The van der Waals surface area contributed by atoms with E-state index >= 15 is 0 Å². The fraction of sp³-hybridized carbons (Fsp3) is 0.571. The van der Waals surface area contributed by atoms with Crippen LogP contribution in [0.5, 0.6) is 11.5 Å². The lowest BCUT2D eigenvalue weighted by Crippen LogP contribution is -2.30. The minimum atomic E-state index is 0.0755. The van der Waals surface area contributed by atoms with Gasteiger partial charge in [-0.05, 0) is 20.3 Å². The summed E-state index contributed by atoms with van der Waals surface area (Å²) in [6, 6.07) is 5.85. The summed E-state index contributed by atoms with van der Waals surface area (Å²) in [5.41, 5.74) is 1.10. The summed E-state index contributed by atoms with van der Waals surface area (Å²) < 4.78 is 10.5. The normalized spacial score (nSPS) is 11.1. The Bertz CT molecular complexity index is 339. The molecule has 0 spiro atoms. The van der Waals surface area contributed by atoms with Gasteiger partial charge in [0.2, 0.25) is 0 Å². The molecule has 1 N–H and O–H groups in total. The molecule has 0 heterocycles. The molecule has 0 aliphatic carbocycles. The van der Waals surface area contributed by atoms with Gasteiger partial charge in [0.1, 0.15) is 11.5 Å². The Labute approximate surface area is 104 Å². The highest BCUT2D eigenvalue weighted by Crippen LogP contribution is 2.28. The van der Waals surface area contributed by atoms with Gasteiger partial charge in [0.15, 0.2) is 0 Å². The zero-order valence-corrected chi connectivity index (χ0v) is 11.5. The molecular weight excluding hydrogens is 214 g/mol. The zero-order valence-electron chi connectivity index (χ0n) is 11.5. The second kappa shape index (κ2) is 5.80. The van der Waals surface area contributed by atoms with Crippen LogP contribution in [0, 0.1) is 0 Å². The minimum absolute atomic E-state index is 0.0755. The first-order chi connectivity index (χ1) is 8.00. The molecule has 0 aromatic heterocycles. The number of anilines is 1. The highest BCUT2D eigenvalue weighted by molar-refractivity contribution is 5.54. The van der Waals surface area contributed by atoms with Gasteiger partial charge in [-0.1, -0.05) is 13.3 Å². The van der Waals surface area contributed by atoms with Gasteiger partial charge in [-0.25, -0.2) is 0 Å². The van der Waals surface area contributed by atoms with Crippen molar-refractivity contribution in [2.75, 3.05) is 19.5 Å². The molecule has 0 unspecified atom stereocenters. The van der Waals surface area contributed by atoms with Crippen LogP contribution in [0.3, 0.4) is 0 Å². The molecule has 0 amide bonds. The Kier molecular flexibility index (Phi) is 4.67. The van der Waals surface area contributed by atoms with Crippen molar-refractivity contribution in [3.63, 3.8) is 0 Å². The maximum absolute atomic E-state index is 5.25. The number of methoxy groups -OCH3 is 2. The minimum Gasteiger partial charge on any atom is -0.497 e. The second-order valence-corrected chi connectivity index (χ2v) is 4.86. The van der Waals surface area contributed by atoms with Gasteiger partial charge >= 0.3 is 0 Å². The molecule has 0 radical (unpaired) electrons. The average Bonchev–Trinajstić information content (AvgIpc) is 2.27.